The fourth-order valence-corrected chi connectivity index (χ4v) is 2.22. The molecule has 0 spiro atoms. The summed E-state index contributed by atoms with van der Waals surface area (Å²) in [5.41, 5.74) is 6.00. The molecule has 5 nitrogen and oxygen atoms in total. The molecule has 1 atom stereocenters. The lowest BCUT2D eigenvalue weighted by Crippen LogP contribution is -2.47. The van der Waals surface area contributed by atoms with Crippen molar-refractivity contribution < 1.29 is 4.79 Å². The first-order valence-electron chi connectivity index (χ1n) is 5.92. The van der Waals surface area contributed by atoms with Gasteiger partial charge in [-0.3, -0.25) is 9.59 Å². The summed E-state index contributed by atoms with van der Waals surface area (Å²) < 4.78 is 0. The summed E-state index contributed by atoms with van der Waals surface area (Å²) in [6, 6.07) is 3.06. The Morgan fingerprint density at radius 3 is 2.94 bits per heavy atom. The maximum absolute atomic E-state index is 12.2. The molecule has 0 saturated carbocycles. The van der Waals surface area contributed by atoms with E-state index in [-0.39, 0.29) is 17.5 Å². The standard InChI is InChI=1S/C12H17N3O2/c13-7-10-3-1-2-6-15(10)12(17)9-4-5-11(16)14-8-9/h4-5,8,10H,1-3,6-7,13H2,(H,14,16). The highest BCUT2D eigenvalue weighted by Crippen LogP contribution is 2.18. The third-order valence-corrected chi connectivity index (χ3v) is 3.19. The molecule has 2 heterocycles. The van der Waals surface area contributed by atoms with Crippen LogP contribution >= 0.6 is 0 Å². The van der Waals surface area contributed by atoms with Crippen molar-refractivity contribution in [1.29, 1.82) is 0 Å². The minimum absolute atomic E-state index is 0.0450. The van der Waals surface area contributed by atoms with E-state index in [0.29, 0.717) is 12.1 Å². The van der Waals surface area contributed by atoms with Crippen LogP contribution in [-0.4, -0.2) is 34.9 Å². The van der Waals surface area contributed by atoms with Crippen LogP contribution in [0.3, 0.4) is 0 Å². The minimum atomic E-state index is -0.199. The van der Waals surface area contributed by atoms with E-state index in [1.54, 1.807) is 6.07 Å². The number of rotatable bonds is 2. The number of aromatic amines is 1. The number of nitrogens with one attached hydrogen (secondary N) is 1. The lowest BCUT2D eigenvalue weighted by molar-refractivity contribution is 0.0623. The summed E-state index contributed by atoms with van der Waals surface area (Å²) in [5, 5.41) is 0. The molecule has 1 fully saturated rings. The monoisotopic (exact) mass is 235 g/mol. The van der Waals surface area contributed by atoms with Gasteiger partial charge < -0.3 is 15.6 Å². The Hall–Kier alpha value is -1.62. The number of amides is 1. The molecule has 3 N–H and O–H groups in total. The lowest BCUT2D eigenvalue weighted by atomic mass is 10.0. The predicted octanol–water partition coefficient (Wildman–Crippen LogP) is 0.328. The van der Waals surface area contributed by atoms with E-state index in [1.807, 2.05) is 4.90 Å². The largest absolute Gasteiger partial charge is 0.334 e. The Labute approximate surface area is 99.6 Å². The molecular formula is C12H17N3O2. The second-order valence-corrected chi connectivity index (χ2v) is 4.33. The summed E-state index contributed by atoms with van der Waals surface area (Å²) in [6.07, 6.45) is 4.57. The molecule has 1 saturated heterocycles. The quantitative estimate of drug-likeness (QED) is 0.775. The van der Waals surface area contributed by atoms with Crippen molar-refractivity contribution in [2.75, 3.05) is 13.1 Å². The molecule has 1 aromatic rings. The minimum Gasteiger partial charge on any atom is -0.334 e. The highest BCUT2D eigenvalue weighted by atomic mass is 16.2. The van der Waals surface area contributed by atoms with Gasteiger partial charge in [-0.15, -0.1) is 0 Å². The van der Waals surface area contributed by atoms with Crippen molar-refractivity contribution in [1.82, 2.24) is 9.88 Å². The SMILES string of the molecule is NCC1CCCCN1C(=O)c1ccc(=O)[nH]c1. The van der Waals surface area contributed by atoms with Crippen LogP contribution < -0.4 is 11.3 Å². The predicted molar refractivity (Wildman–Crippen MR) is 64.8 cm³/mol. The van der Waals surface area contributed by atoms with Gasteiger partial charge in [-0.2, -0.15) is 0 Å². The second kappa shape index (κ2) is 5.14. The van der Waals surface area contributed by atoms with Gasteiger partial charge in [0.15, 0.2) is 0 Å². The van der Waals surface area contributed by atoms with Gasteiger partial charge >= 0.3 is 0 Å². The number of carbonyl (C=O) groups is 1. The van der Waals surface area contributed by atoms with E-state index in [1.165, 1.54) is 12.3 Å². The number of pyridine rings is 1. The molecule has 0 radical (unpaired) electrons. The number of carbonyl (C=O) groups excluding carboxylic acids is 1. The Balaban J connectivity index is 2.18. The van der Waals surface area contributed by atoms with Crippen molar-refractivity contribution in [3.05, 3.63) is 34.2 Å². The highest BCUT2D eigenvalue weighted by Gasteiger charge is 2.26. The van der Waals surface area contributed by atoms with Gasteiger partial charge in [0, 0.05) is 31.4 Å². The Kier molecular flexibility index (Phi) is 3.58. The summed E-state index contributed by atoms with van der Waals surface area (Å²) >= 11 is 0. The second-order valence-electron chi connectivity index (χ2n) is 4.33. The highest BCUT2D eigenvalue weighted by molar-refractivity contribution is 5.94. The molecule has 1 aliphatic heterocycles. The molecule has 1 aromatic heterocycles. The van der Waals surface area contributed by atoms with Crippen LogP contribution in [0.1, 0.15) is 29.6 Å². The third-order valence-electron chi connectivity index (χ3n) is 3.19. The molecule has 92 valence electrons. The summed E-state index contributed by atoms with van der Waals surface area (Å²) in [7, 11) is 0. The van der Waals surface area contributed by atoms with Crippen LogP contribution in [0.4, 0.5) is 0 Å². The van der Waals surface area contributed by atoms with Crippen LogP contribution in [0.5, 0.6) is 0 Å². The number of nitrogens with two attached hydrogens (primary N) is 1. The van der Waals surface area contributed by atoms with E-state index in [0.717, 1.165) is 25.8 Å². The number of aromatic nitrogens is 1. The van der Waals surface area contributed by atoms with Crippen molar-refractivity contribution >= 4 is 5.91 Å². The third kappa shape index (κ3) is 2.55. The van der Waals surface area contributed by atoms with Crippen LogP contribution in [-0.2, 0) is 0 Å². The molecule has 0 bridgehead atoms. The zero-order chi connectivity index (χ0) is 12.3. The van der Waals surface area contributed by atoms with E-state index in [4.69, 9.17) is 5.73 Å². The Morgan fingerprint density at radius 1 is 1.47 bits per heavy atom. The Bertz CT molecular complexity index is 435. The number of hydrogen-bond donors (Lipinski definition) is 2. The van der Waals surface area contributed by atoms with Gasteiger partial charge in [0.25, 0.3) is 5.91 Å². The zero-order valence-electron chi connectivity index (χ0n) is 9.69. The van der Waals surface area contributed by atoms with Gasteiger partial charge in [-0.05, 0) is 25.3 Å². The molecule has 1 amide bonds. The van der Waals surface area contributed by atoms with Gasteiger partial charge in [-0.1, -0.05) is 0 Å². The molecule has 1 unspecified atom stereocenters. The first-order chi connectivity index (χ1) is 8.22. The summed E-state index contributed by atoms with van der Waals surface area (Å²) in [4.78, 5) is 27.5. The topological polar surface area (TPSA) is 79.2 Å². The number of likely N-dealkylation sites (tertiary alicyclic amines) is 1. The molecule has 0 aromatic carbocycles. The molecule has 2 rings (SSSR count). The zero-order valence-corrected chi connectivity index (χ0v) is 9.69. The van der Waals surface area contributed by atoms with E-state index in [9.17, 15) is 9.59 Å². The number of H-pyrrole nitrogens is 1. The first-order valence-corrected chi connectivity index (χ1v) is 5.92. The van der Waals surface area contributed by atoms with Gasteiger partial charge in [0.2, 0.25) is 5.56 Å². The summed E-state index contributed by atoms with van der Waals surface area (Å²) in [6.45, 7) is 1.24. The maximum Gasteiger partial charge on any atom is 0.255 e. The molecule has 17 heavy (non-hydrogen) atoms. The summed E-state index contributed by atoms with van der Waals surface area (Å²) in [5.74, 6) is -0.0450. The van der Waals surface area contributed by atoms with Crippen LogP contribution in [0, 0.1) is 0 Å². The fourth-order valence-electron chi connectivity index (χ4n) is 2.22. The van der Waals surface area contributed by atoms with Crippen molar-refractivity contribution in [3.8, 4) is 0 Å². The average Bonchev–Trinajstić information content (AvgIpc) is 2.39. The van der Waals surface area contributed by atoms with Crippen LogP contribution in [0.25, 0.3) is 0 Å². The molecule has 5 heteroatoms. The number of piperidine rings is 1. The fraction of sp³-hybridized carbons (Fsp3) is 0.500. The molecular weight excluding hydrogens is 218 g/mol. The van der Waals surface area contributed by atoms with E-state index < -0.39 is 0 Å². The normalized spacial score (nSPS) is 20.3. The van der Waals surface area contributed by atoms with Crippen molar-refractivity contribution in [2.24, 2.45) is 5.73 Å². The van der Waals surface area contributed by atoms with Crippen molar-refractivity contribution in [3.63, 3.8) is 0 Å². The molecule has 0 aliphatic carbocycles. The van der Waals surface area contributed by atoms with Crippen LogP contribution in [0.15, 0.2) is 23.1 Å². The molecule has 1 aliphatic rings. The van der Waals surface area contributed by atoms with Gasteiger partial charge in [-0.25, -0.2) is 0 Å². The van der Waals surface area contributed by atoms with Crippen LogP contribution in [0.2, 0.25) is 0 Å². The Morgan fingerprint density at radius 2 is 2.29 bits per heavy atom. The maximum atomic E-state index is 12.2. The van der Waals surface area contributed by atoms with E-state index >= 15 is 0 Å². The first kappa shape index (κ1) is 11.9. The van der Waals surface area contributed by atoms with Gasteiger partial charge in [0.1, 0.15) is 0 Å². The number of hydrogen-bond acceptors (Lipinski definition) is 3. The number of nitrogens with zero attached hydrogens (tertiary/aromatic N) is 1. The van der Waals surface area contributed by atoms with Gasteiger partial charge in [0.05, 0.1) is 5.56 Å². The lowest BCUT2D eigenvalue weighted by Gasteiger charge is -2.35. The van der Waals surface area contributed by atoms with E-state index in [2.05, 4.69) is 4.98 Å². The average molecular weight is 235 g/mol. The smallest absolute Gasteiger partial charge is 0.255 e. The van der Waals surface area contributed by atoms with Crippen molar-refractivity contribution in [2.45, 2.75) is 25.3 Å².